The van der Waals surface area contributed by atoms with Gasteiger partial charge in [-0.2, -0.15) is 0 Å². The van der Waals surface area contributed by atoms with Crippen molar-refractivity contribution in [1.82, 2.24) is 10.6 Å². The van der Waals surface area contributed by atoms with Crippen molar-refractivity contribution >= 4 is 23.5 Å². The van der Waals surface area contributed by atoms with Gasteiger partial charge in [0, 0.05) is 10.6 Å². The summed E-state index contributed by atoms with van der Waals surface area (Å²) in [6, 6.07) is 20.2. The first-order valence-corrected chi connectivity index (χ1v) is 13.5. The number of amides is 1. The number of aryl methyl sites for hydroxylation is 1. The van der Waals surface area contributed by atoms with E-state index in [1.54, 1.807) is 13.1 Å². The molecule has 0 fully saturated rings. The summed E-state index contributed by atoms with van der Waals surface area (Å²) in [6.45, 7) is 4.99. The summed E-state index contributed by atoms with van der Waals surface area (Å²) in [5, 5.41) is 15.9. The molecule has 0 bridgehead atoms. The molecule has 3 rings (SSSR count). The molecular weight excluding hydrogens is 500 g/mol. The number of halogens is 1. The number of unbranched alkanes of at least 4 members (excludes halogenated alkanes) is 1. The molecule has 3 aromatic carbocycles. The topological polar surface area (TPSA) is 87.7 Å². The van der Waals surface area contributed by atoms with E-state index in [0.29, 0.717) is 23.7 Å². The van der Waals surface area contributed by atoms with Crippen molar-refractivity contribution in [2.45, 2.75) is 58.3 Å². The number of rotatable bonds is 14. The molecule has 0 aliphatic heterocycles. The average Bonchev–Trinajstić information content (AvgIpc) is 2.91. The number of aliphatic carboxylic acids is 1. The van der Waals surface area contributed by atoms with Gasteiger partial charge in [-0.05, 0) is 85.4 Å². The van der Waals surface area contributed by atoms with Gasteiger partial charge in [-0.3, -0.25) is 4.79 Å². The molecule has 0 radical (unpaired) electrons. The fourth-order valence-electron chi connectivity index (χ4n) is 4.40. The van der Waals surface area contributed by atoms with Crippen LogP contribution in [0.5, 0.6) is 0 Å². The van der Waals surface area contributed by atoms with Crippen LogP contribution in [0.2, 0.25) is 5.02 Å². The van der Waals surface area contributed by atoms with Gasteiger partial charge in [-0.25, -0.2) is 4.79 Å². The number of carboxylic acids is 1. The van der Waals surface area contributed by atoms with Gasteiger partial charge in [0.15, 0.2) is 0 Å². The molecule has 0 spiro atoms. The molecule has 2 atom stereocenters. The molecule has 0 saturated carbocycles. The third-order valence-corrected chi connectivity index (χ3v) is 6.78. The second-order valence-electron chi connectivity index (χ2n) is 9.45. The lowest BCUT2D eigenvalue weighted by atomic mass is 9.93. The quantitative estimate of drug-likeness (QED) is 0.217. The zero-order chi connectivity index (χ0) is 27.5. The highest BCUT2D eigenvalue weighted by Crippen LogP contribution is 2.31. The van der Waals surface area contributed by atoms with Crippen molar-refractivity contribution in [2.75, 3.05) is 13.6 Å². The van der Waals surface area contributed by atoms with Crippen LogP contribution in [0.4, 0.5) is 0 Å². The predicted molar refractivity (Wildman–Crippen MR) is 153 cm³/mol. The number of ether oxygens (including phenoxy) is 1. The van der Waals surface area contributed by atoms with Crippen LogP contribution in [0.3, 0.4) is 0 Å². The average molecular weight is 537 g/mol. The van der Waals surface area contributed by atoms with Gasteiger partial charge in [0.05, 0.1) is 12.7 Å². The number of carbonyl (C=O) groups is 2. The molecular formula is C31H37ClN2O4. The van der Waals surface area contributed by atoms with Gasteiger partial charge in [0.1, 0.15) is 6.04 Å². The van der Waals surface area contributed by atoms with E-state index >= 15 is 0 Å². The van der Waals surface area contributed by atoms with Gasteiger partial charge in [0.2, 0.25) is 0 Å². The predicted octanol–water partition coefficient (Wildman–Crippen LogP) is 6.56. The summed E-state index contributed by atoms with van der Waals surface area (Å²) >= 11 is 6.24. The monoisotopic (exact) mass is 536 g/mol. The van der Waals surface area contributed by atoms with Crippen LogP contribution in [0.1, 0.15) is 65.8 Å². The highest BCUT2D eigenvalue weighted by atomic mass is 35.5. The maximum absolute atomic E-state index is 13.3. The molecule has 3 N–H and O–H groups in total. The Morgan fingerprint density at radius 3 is 2.47 bits per heavy atom. The number of hydrogen-bond donors (Lipinski definition) is 3. The molecule has 7 heteroatoms. The standard InChI is InChI=1S/C31H37ClN2O4/c1-4-5-13-29(23-10-8-11-24(32)19-23)38-20-22-14-15-26(27(18-22)25-12-7-6-9-21(25)2)30(35)34-28(31(36)37)16-17-33-3/h6-12,14-15,18-19,28-29,33H,4-5,13,16-17,20H2,1-3H3,(H,34,35)(H,36,37). The van der Waals surface area contributed by atoms with Crippen molar-refractivity contribution in [3.05, 3.63) is 94.0 Å². The van der Waals surface area contributed by atoms with Crippen LogP contribution < -0.4 is 10.6 Å². The van der Waals surface area contributed by atoms with E-state index in [-0.39, 0.29) is 12.5 Å². The van der Waals surface area contributed by atoms with Crippen LogP contribution in [-0.4, -0.2) is 36.6 Å². The molecule has 0 aromatic heterocycles. The van der Waals surface area contributed by atoms with Gasteiger partial charge in [0.25, 0.3) is 5.91 Å². The minimum Gasteiger partial charge on any atom is -0.480 e. The number of hydrogen-bond acceptors (Lipinski definition) is 4. The van der Waals surface area contributed by atoms with Gasteiger partial charge >= 0.3 is 5.97 Å². The zero-order valence-electron chi connectivity index (χ0n) is 22.3. The number of carbonyl (C=O) groups excluding carboxylic acids is 1. The molecule has 0 aliphatic carbocycles. The smallest absolute Gasteiger partial charge is 0.326 e. The number of carboxylic acid groups (broad SMARTS) is 1. The Morgan fingerprint density at radius 1 is 1.00 bits per heavy atom. The molecule has 0 saturated heterocycles. The van der Waals surface area contributed by atoms with Crippen LogP contribution in [-0.2, 0) is 16.1 Å². The Balaban J connectivity index is 1.90. The molecule has 38 heavy (non-hydrogen) atoms. The van der Waals surface area contributed by atoms with Gasteiger partial charge < -0.3 is 20.5 Å². The van der Waals surface area contributed by atoms with Crippen molar-refractivity contribution < 1.29 is 19.4 Å². The Kier molecular flexibility index (Phi) is 11.3. The summed E-state index contributed by atoms with van der Waals surface area (Å²) in [6.07, 6.45) is 3.16. The third-order valence-electron chi connectivity index (χ3n) is 6.54. The van der Waals surface area contributed by atoms with Crippen molar-refractivity contribution in [3.8, 4) is 11.1 Å². The highest BCUT2D eigenvalue weighted by Gasteiger charge is 2.23. The Hall–Kier alpha value is -3.19. The van der Waals surface area contributed by atoms with E-state index in [9.17, 15) is 14.7 Å². The van der Waals surface area contributed by atoms with Crippen LogP contribution in [0, 0.1) is 6.92 Å². The van der Waals surface area contributed by atoms with Crippen LogP contribution in [0.15, 0.2) is 66.7 Å². The first-order valence-electron chi connectivity index (χ1n) is 13.1. The van der Waals surface area contributed by atoms with E-state index in [0.717, 1.165) is 47.1 Å². The van der Waals surface area contributed by atoms with Gasteiger partial charge in [-0.1, -0.05) is 73.8 Å². The van der Waals surface area contributed by atoms with E-state index in [1.807, 2.05) is 67.6 Å². The lowest BCUT2D eigenvalue weighted by molar-refractivity contribution is -0.139. The first kappa shape index (κ1) is 29.4. The second kappa shape index (κ2) is 14.7. The van der Waals surface area contributed by atoms with Gasteiger partial charge in [-0.15, -0.1) is 0 Å². The summed E-state index contributed by atoms with van der Waals surface area (Å²) < 4.78 is 6.39. The van der Waals surface area contributed by atoms with Crippen molar-refractivity contribution in [1.29, 1.82) is 0 Å². The maximum atomic E-state index is 13.3. The van der Waals surface area contributed by atoms with Crippen molar-refractivity contribution in [2.24, 2.45) is 0 Å². The lowest BCUT2D eigenvalue weighted by Crippen LogP contribution is -2.42. The van der Waals surface area contributed by atoms with Crippen LogP contribution in [0.25, 0.3) is 11.1 Å². The SMILES string of the molecule is CCCCC(OCc1ccc(C(=O)NC(CCNC)C(=O)O)c(-c2ccccc2C)c1)c1cccc(Cl)c1. The first-order chi connectivity index (χ1) is 18.3. The molecule has 3 aromatic rings. The van der Waals surface area contributed by atoms with E-state index in [2.05, 4.69) is 17.6 Å². The Morgan fingerprint density at radius 2 is 1.79 bits per heavy atom. The minimum absolute atomic E-state index is 0.0953. The summed E-state index contributed by atoms with van der Waals surface area (Å²) in [4.78, 5) is 25.0. The summed E-state index contributed by atoms with van der Waals surface area (Å²) in [5.74, 6) is -1.48. The fraction of sp³-hybridized carbons (Fsp3) is 0.355. The van der Waals surface area contributed by atoms with Crippen LogP contribution >= 0.6 is 11.6 Å². The molecule has 0 aliphatic rings. The second-order valence-corrected chi connectivity index (χ2v) is 9.88. The molecule has 202 valence electrons. The van der Waals surface area contributed by atoms with E-state index < -0.39 is 17.9 Å². The Labute approximate surface area is 230 Å². The minimum atomic E-state index is -1.06. The summed E-state index contributed by atoms with van der Waals surface area (Å²) in [5.41, 5.74) is 5.07. The normalized spacial score (nSPS) is 12.6. The maximum Gasteiger partial charge on any atom is 0.326 e. The molecule has 2 unspecified atom stereocenters. The molecule has 0 heterocycles. The van der Waals surface area contributed by atoms with E-state index in [1.165, 1.54) is 0 Å². The number of nitrogens with one attached hydrogen (secondary N) is 2. The largest absolute Gasteiger partial charge is 0.480 e. The zero-order valence-corrected chi connectivity index (χ0v) is 23.1. The Bertz CT molecular complexity index is 1230. The molecule has 1 amide bonds. The van der Waals surface area contributed by atoms with Crippen molar-refractivity contribution in [3.63, 3.8) is 0 Å². The molecule has 6 nitrogen and oxygen atoms in total. The third kappa shape index (κ3) is 8.15. The van der Waals surface area contributed by atoms with E-state index in [4.69, 9.17) is 16.3 Å². The number of benzene rings is 3. The fourth-order valence-corrected chi connectivity index (χ4v) is 4.60. The highest BCUT2D eigenvalue weighted by molar-refractivity contribution is 6.30. The summed E-state index contributed by atoms with van der Waals surface area (Å²) in [7, 11) is 1.75. The lowest BCUT2D eigenvalue weighted by Gasteiger charge is -2.20.